The molecule has 0 atom stereocenters. The molecule has 1 aromatic rings. The van der Waals surface area contributed by atoms with E-state index >= 15 is 0 Å². The van der Waals surface area contributed by atoms with Crippen molar-refractivity contribution < 1.29 is 9.53 Å². The summed E-state index contributed by atoms with van der Waals surface area (Å²) in [5, 5.41) is 8.57. The molecule has 102 valence electrons. The van der Waals surface area contributed by atoms with Crippen molar-refractivity contribution in [2.24, 2.45) is 0 Å². The Kier molecular flexibility index (Phi) is 7.30. The van der Waals surface area contributed by atoms with Crippen LogP contribution in [0.5, 0.6) is 0 Å². The van der Waals surface area contributed by atoms with Crippen molar-refractivity contribution in [3.05, 3.63) is 35.9 Å². The molecule has 0 saturated heterocycles. The smallest absolute Gasteiger partial charge is 0.320 e. The number of unbranched alkanes of at least 4 members (excludes halogenated alkanes) is 1. The monoisotopic (exact) mass is 260 g/mol. The fourth-order valence-electron chi connectivity index (χ4n) is 1.83. The Morgan fingerprint density at radius 3 is 2.74 bits per heavy atom. The van der Waals surface area contributed by atoms with Gasteiger partial charge in [-0.25, -0.2) is 0 Å². The molecule has 0 spiro atoms. The fraction of sp³-hybridized carbons (Fsp3) is 0.467. The standard InChI is InChI=1S/C15H20N2O2/c1-2-19-15(18)13-17(11-7-6-10-16)12-14-8-4-3-5-9-14/h3-5,8-9H,2,6-7,11-13H2,1H3. The summed E-state index contributed by atoms with van der Waals surface area (Å²) in [5.41, 5.74) is 1.16. The van der Waals surface area contributed by atoms with E-state index in [9.17, 15) is 4.79 Å². The minimum atomic E-state index is -0.213. The number of hydrogen-bond acceptors (Lipinski definition) is 4. The number of ether oxygens (including phenoxy) is 1. The van der Waals surface area contributed by atoms with Gasteiger partial charge in [0.15, 0.2) is 0 Å². The zero-order chi connectivity index (χ0) is 13.9. The molecule has 1 aromatic carbocycles. The number of nitrogens with zero attached hydrogens (tertiary/aromatic N) is 2. The van der Waals surface area contributed by atoms with Crippen LogP contribution in [-0.2, 0) is 16.1 Å². The molecule has 0 fully saturated rings. The Morgan fingerprint density at radius 1 is 1.37 bits per heavy atom. The highest BCUT2D eigenvalue weighted by atomic mass is 16.5. The summed E-state index contributed by atoms with van der Waals surface area (Å²) in [6.07, 6.45) is 1.27. The van der Waals surface area contributed by atoms with Gasteiger partial charge in [-0.1, -0.05) is 30.3 Å². The van der Waals surface area contributed by atoms with Crippen LogP contribution in [0.3, 0.4) is 0 Å². The van der Waals surface area contributed by atoms with Gasteiger partial charge in [-0.15, -0.1) is 0 Å². The topological polar surface area (TPSA) is 53.3 Å². The first kappa shape index (κ1) is 15.2. The number of hydrogen-bond donors (Lipinski definition) is 0. The average Bonchev–Trinajstić information content (AvgIpc) is 2.40. The number of carbonyl (C=O) groups excluding carboxylic acids is 1. The SMILES string of the molecule is CCOC(=O)CN(CCCC#N)Cc1ccccc1. The van der Waals surface area contributed by atoms with Crippen LogP contribution in [0, 0.1) is 11.3 Å². The molecule has 19 heavy (non-hydrogen) atoms. The molecular weight excluding hydrogens is 240 g/mol. The molecule has 0 heterocycles. The van der Waals surface area contributed by atoms with Crippen molar-refractivity contribution in [2.75, 3.05) is 19.7 Å². The molecule has 0 bridgehead atoms. The minimum Gasteiger partial charge on any atom is -0.465 e. The van der Waals surface area contributed by atoms with Crippen molar-refractivity contribution in [3.8, 4) is 6.07 Å². The van der Waals surface area contributed by atoms with Gasteiger partial charge >= 0.3 is 5.97 Å². The lowest BCUT2D eigenvalue weighted by Gasteiger charge is -2.20. The first-order valence-corrected chi connectivity index (χ1v) is 6.55. The van der Waals surface area contributed by atoms with Gasteiger partial charge in [-0.2, -0.15) is 5.26 Å². The second-order valence-corrected chi connectivity index (χ2v) is 4.26. The first-order chi connectivity index (χ1) is 9.26. The molecule has 0 aliphatic heterocycles. The van der Waals surface area contributed by atoms with E-state index in [2.05, 4.69) is 6.07 Å². The van der Waals surface area contributed by atoms with Crippen LogP contribution >= 0.6 is 0 Å². The molecule has 0 saturated carbocycles. The maximum Gasteiger partial charge on any atom is 0.320 e. The molecule has 1 rings (SSSR count). The Labute approximate surface area is 114 Å². The largest absolute Gasteiger partial charge is 0.465 e. The summed E-state index contributed by atoms with van der Waals surface area (Å²) in [5.74, 6) is -0.213. The van der Waals surface area contributed by atoms with Crippen molar-refractivity contribution in [2.45, 2.75) is 26.3 Å². The Bertz CT molecular complexity index is 412. The average molecular weight is 260 g/mol. The first-order valence-electron chi connectivity index (χ1n) is 6.55. The molecule has 4 nitrogen and oxygen atoms in total. The van der Waals surface area contributed by atoms with E-state index in [1.165, 1.54) is 0 Å². The molecular formula is C15H20N2O2. The summed E-state index contributed by atoms with van der Waals surface area (Å²) < 4.78 is 4.97. The molecule has 0 amide bonds. The lowest BCUT2D eigenvalue weighted by Crippen LogP contribution is -2.31. The Balaban J connectivity index is 2.53. The predicted octanol–water partition coefficient (Wildman–Crippen LogP) is 2.36. The quantitative estimate of drug-likeness (QED) is 0.532. The van der Waals surface area contributed by atoms with Crippen LogP contribution in [0.15, 0.2) is 30.3 Å². The van der Waals surface area contributed by atoms with E-state index < -0.39 is 0 Å². The number of rotatable bonds is 8. The molecule has 4 heteroatoms. The van der Waals surface area contributed by atoms with Gasteiger partial charge in [0, 0.05) is 19.5 Å². The van der Waals surface area contributed by atoms with Gasteiger partial charge in [0.05, 0.1) is 19.2 Å². The lowest BCUT2D eigenvalue weighted by atomic mass is 10.2. The number of nitriles is 1. The summed E-state index contributed by atoms with van der Waals surface area (Å²) >= 11 is 0. The fourth-order valence-corrected chi connectivity index (χ4v) is 1.83. The Hall–Kier alpha value is -1.86. The Morgan fingerprint density at radius 2 is 2.11 bits per heavy atom. The molecule has 0 aliphatic rings. The van der Waals surface area contributed by atoms with Crippen LogP contribution in [-0.4, -0.2) is 30.6 Å². The highest BCUT2D eigenvalue weighted by Crippen LogP contribution is 2.06. The van der Waals surface area contributed by atoms with Crippen molar-refractivity contribution >= 4 is 5.97 Å². The van der Waals surface area contributed by atoms with Crippen LogP contribution in [0.1, 0.15) is 25.3 Å². The molecule has 0 radical (unpaired) electrons. The minimum absolute atomic E-state index is 0.213. The third kappa shape index (κ3) is 6.58. The van der Waals surface area contributed by atoms with Crippen molar-refractivity contribution in [3.63, 3.8) is 0 Å². The van der Waals surface area contributed by atoms with Crippen molar-refractivity contribution in [1.29, 1.82) is 5.26 Å². The molecule has 0 N–H and O–H groups in total. The highest BCUT2D eigenvalue weighted by molar-refractivity contribution is 5.71. The van der Waals surface area contributed by atoms with E-state index in [4.69, 9.17) is 10.00 Å². The zero-order valence-electron chi connectivity index (χ0n) is 11.3. The molecule has 0 aliphatic carbocycles. The maximum absolute atomic E-state index is 11.5. The number of benzene rings is 1. The van der Waals surface area contributed by atoms with Gasteiger partial charge < -0.3 is 4.74 Å². The van der Waals surface area contributed by atoms with Gasteiger partial charge in [0.1, 0.15) is 0 Å². The van der Waals surface area contributed by atoms with Gasteiger partial charge in [0.2, 0.25) is 0 Å². The van der Waals surface area contributed by atoms with Crippen LogP contribution in [0.4, 0.5) is 0 Å². The predicted molar refractivity (Wildman–Crippen MR) is 73.2 cm³/mol. The van der Waals surface area contributed by atoms with Gasteiger partial charge in [-0.05, 0) is 18.9 Å². The van der Waals surface area contributed by atoms with E-state index in [0.29, 0.717) is 19.6 Å². The van der Waals surface area contributed by atoms with Crippen molar-refractivity contribution in [1.82, 2.24) is 4.90 Å². The van der Waals surface area contributed by atoms with E-state index in [-0.39, 0.29) is 12.5 Å². The maximum atomic E-state index is 11.5. The van der Waals surface area contributed by atoms with Gasteiger partial charge in [-0.3, -0.25) is 9.69 Å². The van der Waals surface area contributed by atoms with E-state index in [1.54, 1.807) is 6.92 Å². The normalized spacial score (nSPS) is 10.2. The van der Waals surface area contributed by atoms with Crippen LogP contribution in [0.2, 0.25) is 0 Å². The highest BCUT2D eigenvalue weighted by Gasteiger charge is 2.11. The summed E-state index contributed by atoms with van der Waals surface area (Å²) in [6.45, 7) is 3.89. The second-order valence-electron chi connectivity index (χ2n) is 4.26. The number of carbonyl (C=O) groups is 1. The van der Waals surface area contributed by atoms with E-state index in [0.717, 1.165) is 18.5 Å². The number of esters is 1. The van der Waals surface area contributed by atoms with Crippen LogP contribution < -0.4 is 0 Å². The van der Waals surface area contributed by atoms with Crippen LogP contribution in [0.25, 0.3) is 0 Å². The summed E-state index contributed by atoms with van der Waals surface area (Å²) in [7, 11) is 0. The summed E-state index contributed by atoms with van der Waals surface area (Å²) in [6, 6.07) is 12.1. The van der Waals surface area contributed by atoms with Gasteiger partial charge in [0.25, 0.3) is 0 Å². The zero-order valence-corrected chi connectivity index (χ0v) is 11.3. The lowest BCUT2D eigenvalue weighted by molar-refractivity contribution is -0.144. The third-order valence-corrected chi connectivity index (χ3v) is 2.67. The summed E-state index contributed by atoms with van der Waals surface area (Å²) in [4.78, 5) is 13.6. The second kappa shape index (κ2) is 9.12. The molecule has 0 aromatic heterocycles. The van der Waals surface area contributed by atoms with E-state index in [1.807, 2.05) is 35.2 Å². The third-order valence-electron chi connectivity index (χ3n) is 2.67. The molecule has 0 unspecified atom stereocenters.